The van der Waals surface area contributed by atoms with Gasteiger partial charge in [-0.3, -0.25) is 13.9 Å². The Labute approximate surface area is 225 Å². The molecule has 0 aliphatic heterocycles. The van der Waals surface area contributed by atoms with Gasteiger partial charge in [0, 0.05) is 20.0 Å². The molecule has 0 aliphatic rings. The highest BCUT2D eigenvalue weighted by atomic mass is 32.2. The van der Waals surface area contributed by atoms with Crippen LogP contribution in [0.4, 0.5) is 5.69 Å². The van der Waals surface area contributed by atoms with Crippen molar-refractivity contribution in [3.8, 4) is 5.75 Å². The first kappa shape index (κ1) is 28.7. The number of hydrogen-bond acceptors (Lipinski definition) is 5. The zero-order valence-electron chi connectivity index (χ0n) is 22.5. The number of carbonyl (C=O) groups is 2. The van der Waals surface area contributed by atoms with Crippen LogP contribution in [0.25, 0.3) is 0 Å². The fourth-order valence-corrected chi connectivity index (χ4v) is 5.13. The van der Waals surface area contributed by atoms with E-state index < -0.39 is 28.5 Å². The van der Waals surface area contributed by atoms with Crippen LogP contribution in [0.1, 0.15) is 22.3 Å². The predicted octanol–water partition coefficient (Wildman–Crippen LogP) is 3.46. The Morgan fingerprint density at radius 3 is 2.24 bits per heavy atom. The minimum absolute atomic E-state index is 0.138. The van der Waals surface area contributed by atoms with Gasteiger partial charge in [0.05, 0.1) is 19.1 Å². The smallest absolute Gasteiger partial charge is 0.244 e. The van der Waals surface area contributed by atoms with Crippen molar-refractivity contribution in [2.45, 2.75) is 32.9 Å². The summed E-state index contributed by atoms with van der Waals surface area (Å²) in [6, 6.07) is 21.3. The van der Waals surface area contributed by atoms with Crippen LogP contribution in [0.5, 0.6) is 5.75 Å². The molecule has 3 aromatic carbocycles. The Bertz CT molecular complexity index is 1380. The zero-order valence-corrected chi connectivity index (χ0v) is 23.3. The van der Waals surface area contributed by atoms with Crippen molar-refractivity contribution in [1.29, 1.82) is 0 Å². The Balaban J connectivity index is 2.08. The molecule has 2 amide bonds. The number of anilines is 1. The lowest BCUT2D eigenvalue weighted by Gasteiger charge is -2.33. The number of hydrogen-bond donors (Lipinski definition) is 1. The molecule has 38 heavy (non-hydrogen) atoms. The number of amides is 2. The fourth-order valence-electron chi connectivity index (χ4n) is 4.28. The third-order valence-corrected chi connectivity index (χ3v) is 7.53. The van der Waals surface area contributed by atoms with Gasteiger partial charge >= 0.3 is 0 Å². The monoisotopic (exact) mass is 537 g/mol. The van der Waals surface area contributed by atoms with Crippen molar-refractivity contribution >= 4 is 27.5 Å². The molecule has 0 unspecified atom stereocenters. The largest absolute Gasteiger partial charge is 0.495 e. The molecule has 1 atom stereocenters. The van der Waals surface area contributed by atoms with Crippen molar-refractivity contribution in [1.82, 2.24) is 10.2 Å². The number of ether oxygens (including phenoxy) is 1. The zero-order chi connectivity index (χ0) is 27.9. The number of nitrogens with zero attached hydrogens (tertiary/aromatic N) is 2. The van der Waals surface area contributed by atoms with E-state index in [2.05, 4.69) is 5.32 Å². The van der Waals surface area contributed by atoms with Gasteiger partial charge in [0.25, 0.3) is 0 Å². The molecule has 1 N–H and O–H groups in total. The molecule has 202 valence electrons. The lowest BCUT2D eigenvalue weighted by atomic mass is 10.0. The number of methoxy groups -OCH3 is 1. The lowest BCUT2D eigenvalue weighted by Crippen LogP contribution is -2.53. The number of nitrogens with one attached hydrogen (secondary N) is 1. The van der Waals surface area contributed by atoms with Crippen molar-refractivity contribution in [3.05, 3.63) is 95.1 Å². The lowest BCUT2D eigenvalue weighted by molar-refractivity contribution is -0.139. The molecule has 0 fully saturated rings. The van der Waals surface area contributed by atoms with E-state index in [1.807, 2.05) is 68.4 Å². The van der Waals surface area contributed by atoms with E-state index >= 15 is 0 Å². The number of likely N-dealkylation sites (N-methyl/N-ethyl adjacent to an activating group) is 1. The summed E-state index contributed by atoms with van der Waals surface area (Å²) in [5, 5.41) is 2.68. The Hall–Kier alpha value is -3.85. The molecule has 0 saturated heterocycles. The second-order valence-electron chi connectivity index (χ2n) is 9.21. The molecule has 0 spiro atoms. The summed E-state index contributed by atoms with van der Waals surface area (Å²) in [6.07, 6.45) is 1.32. The fraction of sp³-hybridized carbons (Fsp3) is 0.310. The van der Waals surface area contributed by atoms with E-state index in [0.717, 1.165) is 32.8 Å². The van der Waals surface area contributed by atoms with Gasteiger partial charge in [0.15, 0.2) is 0 Å². The molecule has 0 aliphatic carbocycles. The van der Waals surface area contributed by atoms with E-state index in [0.29, 0.717) is 5.75 Å². The van der Waals surface area contributed by atoms with Gasteiger partial charge in [-0.1, -0.05) is 60.7 Å². The molecular formula is C29H35N3O5S. The third-order valence-electron chi connectivity index (χ3n) is 6.40. The molecule has 9 heteroatoms. The maximum absolute atomic E-state index is 14.0. The van der Waals surface area contributed by atoms with Crippen LogP contribution in [0.15, 0.2) is 72.8 Å². The summed E-state index contributed by atoms with van der Waals surface area (Å²) in [5.74, 6) is -0.520. The van der Waals surface area contributed by atoms with E-state index in [-0.39, 0.29) is 24.6 Å². The van der Waals surface area contributed by atoms with Crippen LogP contribution in [0.3, 0.4) is 0 Å². The summed E-state index contributed by atoms with van der Waals surface area (Å²) >= 11 is 0. The normalized spacial score (nSPS) is 11.9. The summed E-state index contributed by atoms with van der Waals surface area (Å²) < 4.78 is 32.4. The molecule has 3 aromatic rings. The van der Waals surface area contributed by atoms with Gasteiger partial charge in [0.2, 0.25) is 21.8 Å². The summed E-state index contributed by atoms with van der Waals surface area (Å²) in [6.45, 7) is 3.41. The number of rotatable bonds is 11. The summed E-state index contributed by atoms with van der Waals surface area (Å²) in [4.78, 5) is 28.7. The van der Waals surface area contributed by atoms with Gasteiger partial charge in [0.1, 0.15) is 18.3 Å². The van der Waals surface area contributed by atoms with Crippen LogP contribution in [-0.2, 0) is 32.6 Å². The topological polar surface area (TPSA) is 96.0 Å². The number of aryl methyl sites for hydroxylation is 2. The van der Waals surface area contributed by atoms with Crippen molar-refractivity contribution in [2.24, 2.45) is 0 Å². The first-order valence-electron chi connectivity index (χ1n) is 12.3. The van der Waals surface area contributed by atoms with Crippen LogP contribution >= 0.6 is 0 Å². The first-order valence-corrected chi connectivity index (χ1v) is 14.1. The SMILES string of the molecule is CNC(=O)[C@@H](Cc1ccccc1)N(Cc1ccccc1C)C(=O)CN(c1cc(C)ccc1OC)S(C)(=O)=O. The van der Waals surface area contributed by atoms with Crippen LogP contribution in [0, 0.1) is 13.8 Å². The number of sulfonamides is 1. The minimum Gasteiger partial charge on any atom is -0.495 e. The Morgan fingerprint density at radius 2 is 1.63 bits per heavy atom. The van der Waals surface area contributed by atoms with E-state index in [4.69, 9.17) is 4.74 Å². The van der Waals surface area contributed by atoms with Gasteiger partial charge in [-0.05, 0) is 48.2 Å². The van der Waals surface area contributed by atoms with E-state index in [1.54, 1.807) is 18.2 Å². The standard InChI is InChI=1S/C29H35N3O5S/c1-21-15-16-27(37-4)25(17-21)32(38(5,35)36)20-28(33)31(19-24-14-10-9-11-22(24)2)26(29(34)30-3)18-23-12-7-6-8-13-23/h6-17,26H,18-20H2,1-5H3,(H,30,34)/t26-/m1/s1. The highest BCUT2D eigenvalue weighted by molar-refractivity contribution is 7.92. The van der Waals surface area contributed by atoms with Crippen molar-refractivity contribution < 1.29 is 22.7 Å². The van der Waals surface area contributed by atoms with Crippen LogP contribution < -0.4 is 14.4 Å². The average molecular weight is 538 g/mol. The Morgan fingerprint density at radius 1 is 0.974 bits per heavy atom. The predicted molar refractivity (Wildman–Crippen MR) is 150 cm³/mol. The molecular weight excluding hydrogens is 502 g/mol. The van der Waals surface area contributed by atoms with Gasteiger partial charge in [-0.15, -0.1) is 0 Å². The molecule has 0 saturated carbocycles. The second kappa shape index (κ2) is 12.6. The number of benzene rings is 3. The molecule has 0 radical (unpaired) electrons. The maximum Gasteiger partial charge on any atom is 0.244 e. The summed E-state index contributed by atoms with van der Waals surface area (Å²) in [7, 11) is -0.910. The summed E-state index contributed by atoms with van der Waals surface area (Å²) in [5.41, 5.74) is 3.77. The van der Waals surface area contributed by atoms with Crippen LogP contribution in [0.2, 0.25) is 0 Å². The molecule has 0 bridgehead atoms. The second-order valence-corrected chi connectivity index (χ2v) is 11.1. The van der Waals surface area contributed by atoms with Gasteiger partial charge < -0.3 is 15.0 Å². The van der Waals surface area contributed by atoms with Gasteiger partial charge in [-0.25, -0.2) is 8.42 Å². The first-order chi connectivity index (χ1) is 18.0. The quantitative estimate of drug-likeness (QED) is 0.404. The third kappa shape index (κ3) is 7.13. The Kier molecular flexibility index (Phi) is 9.52. The average Bonchev–Trinajstić information content (AvgIpc) is 2.89. The highest BCUT2D eigenvalue weighted by Crippen LogP contribution is 2.31. The highest BCUT2D eigenvalue weighted by Gasteiger charge is 2.33. The molecule has 0 aromatic heterocycles. The molecule has 3 rings (SSSR count). The van der Waals surface area contributed by atoms with Crippen molar-refractivity contribution in [2.75, 3.05) is 31.3 Å². The van der Waals surface area contributed by atoms with E-state index in [9.17, 15) is 18.0 Å². The molecule has 0 heterocycles. The maximum atomic E-state index is 14.0. The minimum atomic E-state index is -3.88. The van der Waals surface area contributed by atoms with Crippen LogP contribution in [-0.4, -0.2) is 58.1 Å². The molecule has 8 nitrogen and oxygen atoms in total. The van der Waals surface area contributed by atoms with E-state index in [1.165, 1.54) is 19.1 Å². The van der Waals surface area contributed by atoms with Gasteiger partial charge in [-0.2, -0.15) is 0 Å². The number of carbonyl (C=O) groups excluding carboxylic acids is 2. The van der Waals surface area contributed by atoms with Crippen molar-refractivity contribution in [3.63, 3.8) is 0 Å².